The molecule has 2 fully saturated rings. The largest absolute Gasteiger partial charge is 0.342 e. The van der Waals surface area contributed by atoms with Crippen LogP contribution in [0.1, 0.15) is 25.7 Å². The number of rotatable bonds is 1. The van der Waals surface area contributed by atoms with E-state index in [1.54, 1.807) is 0 Å². The molecule has 0 aromatic carbocycles. The molecule has 2 nitrogen and oxygen atoms in total. The van der Waals surface area contributed by atoms with Crippen molar-refractivity contribution in [3.05, 3.63) is 0 Å². The molecule has 13 heavy (non-hydrogen) atoms. The summed E-state index contributed by atoms with van der Waals surface area (Å²) in [6.07, 6.45) is 4.73. The van der Waals surface area contributed by atoms with Crippen LogP contribution in [0, 0.1) is 5.92 Å². The molecule has 2 aliphatic rings. The summed E-state index contributed by atoms with van der Waals surface area (Å²) < 4.78 is 0. The molecule has 0 N–H and O–H groups in total. The van der Waals surface area contributed by atoms with E-state index in [4.69, 9.17) is 0 Å². The quantitative estimate of drug-likeness (QED) is 0.641. The van der Waals surface area contributed by atoms with Crippen molar-refractivity contribution in [2.24, 2.45) is 5.92 Å². The Balaban J connectivity index is 1.85. The number of hydrogen-bond acceptors (Lipinski definition) is 2. The Morgan fingerprint density at radius 1 is 1.15 bits per heavy atom. The summed E-state index contributed by atoms with van der Waals surface area (Å²) in [6, 6.07) is 0. The lowest BCUT2D eigenvalue weighted by Crippen LogP contribution is -2.40. The molecule has 74 valence electrons. The lowest BCUT2D eigenvalue weighted by atomic mass is 9.84. The second kappa shape index (κ2) is 4.36. The number of nitrogens with zero attached hydrogens (tertiary/aromatic N) is 1. The van der Waals surface area contributed by atoms with E-state index < -0.39 is 0 Å². The molecular weight excluding hydrogens is 182 g/mol. The number of amides is 1. The number of carbonyl (C=O) groups excluding carboxylic acids is 1. The highest BCUT2D eigenvalue weighted by Crippen LogP contribution is 2.28. The van der Waals surface area contributed by atoms with Crippen molar-refractivity contribution >= 4 is 17.7 Å². The van der Waals surface area contributed by atoms with Gasteiger partial charge in [0.1, 0.15) is 0 Å². The Labute approximate surface area is 84.1 Å². The monoisotopic (exact) mass is 199 g/mol. The third-order valence-electron chi connectivity index (χ3n) is 2.99. The third kappa shape index (κ3) is 2.19. The fourth-order valence-corrected chi connectivity index (χ4v) is 2.77. The first-order valence-electron chi connectivity index (χ1n) is 5.24. The average Bonchev–Trinajstić information content (AvgIpc) is 2.27. The topological polar surface area (TPSA) is 20.3 Å². The van der Waals surface area contributed by atoms with Crippen LogP contribution in [0.25, 0.3) is 0 Å². The van der Waals surface area contributed by atoms with E-state index >= 15 is 0 Å². The summed E-state index contributed by atoms with van der Waals surface area (Å²) in [7, 11) is 0. The van der Waals surface area contributed by atoms with Crippen molar-refractivity contribution in [2.45, 2.75) is 25.7 Å². The summed E-state index contributed by atoms with van der Waals surface area (Å²) in [5.41, 5.74) is 0. The summed E-state index contributed by atoms with van der Waals surface area (Å²) in [5, 5.41) is 0. The highest BCUT2D eigenvalue weighted by Gasteiger charge is 2.29. The number of hydrogen-bond donors (Lipinski definition) is 0. The maximum absolute atomic E-state index is 11.8. The molecular formula is C10H17NOS. The molecule has 0 unspecified atom stereocenters. The number of thioether (sulfide) groups is 1. The summed E-state index contributed by atoms with van der Waals surface area (Å²) in [4.78, 5) is 13.9. The van der Waals surface area contributed by atoms with Gasteiger partial charge in [-0.1, -0.05) is 6.42 Å². The zero-order valence-electron chi connectivity index (χ0n) is 8.00. The van der Waals surface area contributed by atoms with E-state index in [1.165, 1.54) is 18.6 Å². The van der Waals surface area contributed by atoms with Crippen LogP contribution in [0.4, 0.5) is 0 Å². The van der Waals surface area contributed by atoms with Gasteiger partial charge in [0.2, 0.25) is 5.91 Å². The maximum Gasteiger partial charge on any atom is 0.225 e. The van der Waals surface area contributed by atoms with Gasteiger partial charge < -0.3 is 4.90 Å². The molecule has 0 aromatic rings. The molecule has 1 aliphatic carbocycles. The molecule has 1 saturated heterocycles. The molecule has 2 rings (SSSR count). The van der Waals surface area contributed by atoms with E-state index in [9.17, 15) is 4.79 Å². The first kappa shape index (κ1) is 9.38. The first-order chi connectivity index (χ1) is 6.38. The van der Waals surface area contributed by atoms with Crippen LogP contribution in [0.3, 0.4) is 0 Å². The smallest absolute Gasteiger partial charge is 0.225 e. The van der Waals surface area contributed by atoms with Gasteiger partial charge in [-0.05, 0) is 25.0 Å². The van der Waals surface area contributed by atoms with Crippen LogP contribution in [0.15, 0.2) is 0 Å². The van der Waals surface area contributed by atoms with Crippen molar-refractivity contribution in [1.29, 1.82) is 0 Å². The zero-order valence-corrected chi connectivity index (χ0v) is 8.81. The maximum atomic E-state index is 11.8. The van der Waals surface area contributed by atoms with Gasteiger partial charge in [-0.2, -0.15) is 11.8 Å². The SMILES string of the molecule is O=C(C1CCC1)N1CCCSCC1. The predicted octanol–water partition coefficient (Wildman–Crippen LogP) is 1.75. The minimum Gasteiger partial charge on any atom is -0.342 e. The van der Waals surface area contributed by atoms with Crippen LogP contribution >= 0.6 is 11.8 Å². The van der Waals surface area contributed by atoms with Gasteiger partial charge >= 0.3 is 0 Å². The molecule has 0 bridgehead atoms. The predicted molar refractivity (Wildman–Crippen MR) is 55.9 cm³/mol. The molecule has 0 spiro atoms. The van der Waals surface area contributed by atoms with Gasteiger partial charge in [0.05, 0.1) is 0 Å². The second-order valence-electron chi connectivity index (χ2n) is 3.92. The molecule has 0 radical (unpaired) electrons. The average molecular weight is 199 g/mol. The standard InChI is InChI=1S/C10H17NOS/c12-10(9-3-1-4-9)11-5-2-7-13-8-6-11/h9H,1-8H2. The first-order valence-corrected chi connectivity index (χ1v) is 6.40. The molecule has 1 amide bonds. The molecule has 0 atom stereocenters. The van der Waals surface area contributed by atoms with Crippen LogP contribution < -0.4 is 0 Å². The molecule has 3 heteroatoms. The van der Waals surface area contributed by atoms with E-state index in [2.05, 4.69) is 4.90 Å². The number of carbonyl (C=O) groups is 1. The molecule has 0 aromatic heterocycles. The Morgan fingerprint density at radius 3 is 2.69 bits per heavy atom. The lowest BCUT2D eigenvalue weighted by Gasteiger charge is -2.30. The Morgan fingerprint density at radius 2 is 2.00 bits per heavy atom. The van der Waals surface area contributed by atoms with Gasteiger partial charge in [0.25, 0.3) is 0 Å². The van der Waals surface area contributed by atoms with Crippen molar-refractivity contribution in [3.63, 3.8) is 0 Å². The Kier molecular flexibility index (Phi) is 3.14. The minimum atomic E-state index is 0.392. The van der Waals surface area contributed by atoms with Gasteiger partial charge in [0.15, 0.2) is 0 Å². The third-order valence-corrected chi connectivity index (χ3v) is 4.04. The van der Waals surface area contributed by atoms with Crippen LogP contribution in [-0.2, 0) is 4.79 Å². The van der Waals surface area contributed by atoms with Gasteiger partial charge in [-0.3, -0.25) is 4.79 Å². The van der Waals surface area contributed by atoms with E-state index in [0.29, 0.717) is 11.8 Å². The normalized spacial score (nSPS) is 25.1. The summed E-state index contributed by atoms with van der Waals surface area (Å²) >= 11 is 1.98. The Hall–Kier alpha value is -0.180. The van der Waals surface area contributed by atoms with Crippen molar-refractivity contribution < 1.29 is 4.79 Å². The van der Waals surface area contributed by atoms with Gasteiger partial charge in [-0.25, -0.2) is 0 Å². The molecule has 1 saturated carbocycles. The summed E-state index contributed by atoms with van der Waals surface area (Å²) in [6.45, 7) is 1.99. The highest BCUT2D eigenvalue weighted by molar-refractivity contribution is 7.99. The van der Waals surface area contributed by atoms with E-state index in [0.717, 1.165) is 31.7 Å². The van der Waals surface area contributed by atoms with Gasteiger partial charge in [-0.15, -0.1) is 0 Å². The fourth-order valence-electron chi connectivity index (χ4n) is 1.88. The Bertz CT molecular complexity index is 183. The van der Waals surface area contributed by atoms with E-state index in [-0.39, 0.29) is 0 Å². The van der Waals surface area contributed by atoms with E-state index in [1.807, 2.05) is 11.8 Å². The second-order valence-corrected chi connectivity index (χ2v) is 5.14. The van der Waals surface area contributed by atoms with Crippen LogP contribution in [0.2, 0.25) is 0 Å². The van der Waals surface area contributed by atoms with Gasteiger partial charge in [0, 0.05) is 24.8 Å². The molecule has 1 heterocycles. The highest BCUT2D eigenvalue weighted by atomic mass is 32.2. The van der Waals surface area contributed by atoms with Crippen molar-refractivity contribution in [2.75, 3.05) is 24.6 Å². The van der Waals surface area contributed by atoms with Crippen molar-refractivity contribution in [1.82, 2.24) is 4.90 Å². The fraction of sp³-hybridized carbons (Fsp3) is 0.900. The van der Waals surface area contributed by atoms with Crippen LogP contribution in [-0.4, -0.2) is 35.4 Å². The zero-order chi connectivity index (χ0) is 9.10. The minimum absolute atomic E-state index is 0.392. The molecule has 1 aliphatic heterocycles. The lowest BCUT2D eigenvalue weighted by molar-refractivity contribution is -0.137. The van der Waals surface area contributed by atoms with Crippen molar-refractivity contribution in [3.8, 4) is 0 Å². The summed E-state index contributed by atoms with van der Waals surface area (Å²) in [5.74, 6) is 3.20. The van der Waals surface area contributed by atoms with Crippen LogP contribution in [0.5, 0.6) is 0 Å².